The van der Waals surface area contributed by atoms with E-state index >= 15 is 0 Å². The van der Waals surface area contributed by atoms with Crippen molar-refractivity contribution in [1.82, 2.24) is 4.90 Å². The van der Waals surface area contributed by atoms with Gasteiger partial charge in [-0.1, -0.05) is 77.5 Å². The Balaban J connectivity index is 1.81. The van der Waals surface area contributed by atoms with Gasteiger partial charge in [0.15, 0.2) is 0 Å². The van der Waals surface area contributed by atoms with Crippen LogP contribution in [-0.4, -0.2) is 35.1 Å². The molecule has 1 heterocycles. The lowest BCUT2D eigenvalue weighted by Gasteiger charge is -2.52. The second-order valence-electron chi connectivity index (χ2n) is 10.4. The Bertz CT molecular complexity index is 643. The summed E-state index contributed by atoms with van der Waals surface area (Å²) in [5.74, 6) is 1.43. The molecule has 1 N–H and O–H groups in total. The number of rotatable bonds is 8. The second kappa shape index (κ2) is 10.1. The van der Waals surface area contributed by atoms with Gasteiger partial charge in [-0.05, 0) is 43.9 Å². The van der Waals surface area contributed by atoms with Gasteiger partial charge >= 0.3 is 0 Å². The molecule has 1 saturated carbocycles. The van der Waals surface area contributed by atoms with Gasteiger partial charge in [0.1, 0.15) is 0 Å². The number of hydrogen-bond acceptors (Lipinski definition) is 2. The molecular formula is C26H43NO2. The highest BCUT2D eigenvalue weighted by Crippen LogP contribution is 2.52. The maximum Gasteiger partial charge on any atom is 0.223 e. The highest BCUT2D eigenvalue weighted by molar-refractivity contribution is 5.77. The Hall–Kier alpha value is -1.35. The lowest BCUT2D eigenvalue weighted by atomic mass is 9.58. The summed E-state index contributed by atoms with van der Waals surface area (Å²) in [6.45, 7) is 14.7. The zero-order valence-electron chi connectivity index (χ0n) is 19.6. The van der Waals surface area contributed by atoms with E-state index in [4.69, 9.17) is 0 Å². The molecule has 1 aliphatic heterocycles. The molecule has 3 atom stereocenters. The van der Waals surface area contributed by atoms with Crippen molar-refractivity contribution >= 4 is 5.91 Å². The number of amides is 1. The number of fused-ring (bicyclic) bond motifs is 1. The molecule has 1 fully saturated rings. The molecule has 0 saturated heterocycles. The fourth-order valence-electron chi connectivity index (χ4n) is 4.98. The first-order valence-electron chi connectivity index (χ1n) is 11.6. The molecule has 164 valence electrons. The zero-order chi connectivity index (χ0) is 21.7. The highest BCUT2D eigenvalue weighted by atomic mass is 16.3. The second-order valence-corrected chi connectivity index (χ2v) is 10.4. The van der Waals surface area contributed by atoms with E-state index in [0.717, 1.165) is 38.6 Å². The summed E-state index contributed by atoms with van der Waals surface area (Å²) in [7, 11) is 0. The van der Waals surface area contributed by atoms with Crippen molar-refractivity contribution in [2.45, 2.75) is 86.2 Å². The Labute approximate surface area is 178 Å². The summed E-state index contributed by atoms with van der Waals surface area (Å²) in [6, 6.07) is 0. The maximum absolute atomic E-state index is 12.8. The largest absolute Gasteiger partial charge is 0.392 e. The van der Waals surface area contributed by atoms with Crippen LogP contribution in [0.4, 0.5) is 0 Å². The molecule has 29 heavy (non-hydrogen) atoms. The third kappa shape index (κ3) is 6.31. The Morgan fingerprint density at radius 1 is 1.21 bits per heavy atom. The monoisotopic (exact) mass is 401 g/mol. The van der Waals surface area contributed by atoms with Crippen LogP contribution >= 0.6 is 0 Å². The summed E-state index contributed by atoms with van der Waals surface area (Å²) in [5, 5.41) is 10.4. The summed E-state index contributed by atoms with van der Waals surface area (Å²) in [5.41, 5.74) is 1.16. The van der Waals surface area contributed by atoms with Gasteiger partial charge in [-0.3, -0.25) is 4.79 Å². The van der Waals surface area contributed by atoms with E-state index in [9.17, 15) is 9.90 Å². The minimum Gasteiger partial charge on any atom is -0.392 e. The number of aliphatic hydroxyl groups excluding tert-OH is 1. The van der Waals surface area contributed by atoms with Crippen LogP contribution in [0, 0.1) is 22.7 Å². The minimum absolute atomic E-state index is 0.00446. The highest BCUT2D eigenvalue weighted by Gasteiger charge is 2.48. The van der Waals surface area contributed by atoms with Crippen molar-refractivity contribution in [3.8, 4) is 0 Å². The van der Waals surface area contributed by atoms with Crippen molar-refractivity contribution in [2.75, 3.05) is 13.1 Å². The summed E-state index contributed by atoms with van der Waals surface area (Å²) >= 11 is 0. The number of hydrogen-bond donors (Lipinski definition) is 1. The quantitative estimate of drug-likeness (QED) is 0.514. The number of carbonyl (C=O) groups excluding carboxylic acids is 1. The van der Waals surface area contributed by atoms with Gasteiger partial charge in [-0.2, -0.15) is 0 Å². The van der Waals surface area contributed by atoms with Gasteiger partial charge < -0.3 is 10.0 Å². The number of allylic oxidation sites excluding steroid dienone is 4. The van der Waals surface area contributed by atoms with E-state index in [0.29, 0.717) is 24.8 Å². The van der Waals surface area contributed by atoms with Crippen LogP contribution in [0.2, 0.25) is 0 Å². The molecule has 1 amide bonds. The maximum atomic E-state index is 12.8. The number of carbonyl (C=O) groups is 1. The van der Waals surface area contributed by atoms with Crippen molar-refractivity contribution in [1.29, 1.82) is 0 Å². The first kappa shape index (κ1) is 23.9. The molecule has 0 aromatic heterocycles. The number of nitrogens with zero attached hydrogens (tertiary/aromatic N) is 1. The number of aliphatic hydroxyl groups is 1. The van der Waals surface area contributed by atoms with Gasteiger partial charge in [-0.15, -0.1) is 0 Å². The van der Waals surface area contributed by atoms with Gasteiger partial charge in [0.25, 0.3) is 0 Å². The third-order valence-corrected chi connectivity index (χ3v) is 6.85. The van der Waals surface area contributed by atoms with Crippen LogP contribution in [0.15, 0.2) is 36.0 Å². The molecular weight excluding hydrogens is 358 g/mol. The predicted octanol–water partition coefficient (Wildman–Crippen LogP) is 5.91. The van der Waals surface area contributed by atoms with E-state index in [1.54, 1.807) is 0 Å². The molecule has 0 bridgehead atoms. The van der Waals surface area contributed by atoms with Crippen molar-refractivity contribution < 1.29 is 9.90 Å². The van der Waals surface area contributed by atoms with E-state index in [2.05, 4.69) is 71.9 Å². The molecule has 0 aromatic rings. The first-order valence-corrected chi connectivity index (χ1v) is 11.6. The lowest BCUT2D eigenvalue weighted by molar-refractivity contribution is -0.133. The van der Waals surface area contributed by atoms with E-state index < -0.39 is 0 Å². The van der Waals surface area contributed by atoms with Crippen LogP contribution in [0.5, 0.6) is 0 Å². The molecule has 0 spiro atoms. The molecule has 1 unspecified atom stereocenters. The standard InChI is InChI=1S/C26H43NO2/c1-20(2)11-7-8-12-21(3)13-9-10-14-24(29)27-18-16-22-25(4,5)23(28)15-17-26(22,6)19-27/h7,9,11,13,16,20-21,23,28H,8,10,12,14-15,17-19H2,1-6H3/b11-7+,13-9+/t21?,23-,26+/m0/s1. The Kier molecular flexibility index (Phi) is 8.34. The first-order chi connectivity index (χ1) is 13.6. The molecule has 3 nitrogen and oxygen atoms in total. The van der Waals surface area contributed by atoms with Crippen LogP contribution in [0.25, 0.3) is 0 Å². The van der Waals surface area contributed by atoms with Crippen molar-refractivity contribution in [3.63, 3.8) is 0 Å². The fraction of sp³-hybridized carbons (Fsp3) is 0.731. The van der Waals surface area contributed by atoms with Gasteiger partial charge in [0.2, 0.25) is 5.91 Å². The fourth-order valence-corrected chi connectivity index (χ4v) is 4.98. The molecule has 3 heteroatoms. The van der Waals surface area contributed by atoms with Crippen LogP contribution in [0.3, 0.4) is 0 Å². The molecule has 2 rings (SSSR count). The zero-order valence-corrected chi connectivity index (χ0v) is 19.6. The smallest absolute Gasteiger partial charge is 0.223 e. The predicted molar refractivity (Wildman–Crippen MR) is 123 cm³/mol. The summed E-state index contributed by atoms with van der Waals surface area (Å²) < 4.78 is 0. The van der Waals surface area contributed by atoms with E-state index in [-0.39, 0.29) is 22.8 Å². The summed E-state index contributed by atoms with van der Waals surface area (Å²) in [6.07, 6.45) is 16.4. The molecule has 0 aromatic carbocycles. The molecule has 2 aliphatic rings. The molecule has 0 radical (unpaired) electrons. The topological polar surface area (TPSA) is 40.5 Å². The Morgan fingerprint density at radius 2 is 1.90 bits per heavy atom. The van der Waals surface area contributed by atoms with Gasteiger partial charge in [-0.25, -0.2) is 0 Å². The normalized spacial score (nSPS) is 28.1. The lowest BCUT2D eigenvalue weighted by Crippen LogP contribution is -2.52. The van der Waals surface area contributed by atoms with E-state index in [1.807, 2.05) is 4.90 Å². The average molecular weight is 402 g/mol. The van der Waals surface area contributed by atoms with Crippen molar-refractivity contribution in [2.24, 2.45) is 22.7 Å². The summed E-state index contributed by atoms with van der Waals surface area (Å²) in [4.78, 5) is 14.8. The van der Waals surface area contributed by atoms with Gasteiger partial charge in [0, 0.05) is 30.3 Å². The van der Waals surface area contributed by atoms with Gasteiger partial charge in [0.05, 0.1) is 6.10 Å². The minimum atomic E-state index is -0.280. The average Bonchev–Trinajstić information content (AvgIpc) is 2.65. The van der Waals surface area contributed by atoms with Crippen LogP contribution in [-0.2, 0) is 4.79 Å². The molecule has 1 aliphatic carbocycles. The van der Waals surface area contributed by atoms with Crippen LogP contribution in [0.1, 0.15) is 80.1 Å². The third-order valence-electron chi connectivity index (χ3n) is 6.85. The van der Waals surface area contributed by atoms with Crippen molar-refractivity contribution in [3.05, 3.63) is 36.0 Å². The van der Waals surface area contributed by atoms with E-state index in [1.165, 1.54) is 5.57 Å². The SMILES string of the molecule is CC(C)/C=C/CCC(C)/C=C/CCC(=O)N1CC=C2C(C)(C)[C@@H](O)CC[C@]2(C)C1. The Morgan fingerprint density at radius 3 is 2.59 bits per heavy atom. The van der Waals surface area contributed by atoms with Crippen LogP contribution < -0.4 is 0 Å².